The third-order valence-electron chi connectivity index (χ3n) is 4.77. The summed E-state index contributed by atoms with van der Waals surface area (Å²) in [5.74, 6) is -3.22. The molecule has 0 atom stereocenters. The summed E-state index contributed by atoms with van der Waals surface area (Å²) < 4.78 is 44.1. The molecule has 0 aromatic heterocycles. The number of ether oxygens (including phenoxy) is 1. The highest BCUT2D eigenvalue weighted by Gasteiger charge is 2.17. The predicted molar refractivity (Wildman–Crippen MR) is 124 cm³/mol. The van der Waals surface area contributed by atoms with E-state index >= 15 is 0 Å². The van der Waals surface area contributed by atoms with Crippen LogP contribution in [0.15, 0.2) is 41.4 Å². The Bertz CT molecular complexity index is 1030. The van der Waals surface area contributed by atoms with Crippen molar-refractivity contribution < 1.29 is 27.5 Å². The lowest BCUT2D eigenvalue weighted by molar-refractivity contribution is 0.0976. The number of benzene rings is 2. The molecule has 34 heavy (non-hydrogen) atoms. The van der Waals surface area contributed by atoms with E-state index < -0.39 is 29.5 Å². The minimum atomic E-state index is -1.11. The van der Waals surface area contributed by atoms with Crippen LogP contribution < -0.4 is 16.4 Å². The van der Waals surface area contributed by atoms with Gasteiger partial charge in [0, 0.05) is 11.3 Å². The number of amides is 2. The van der Waals surface area contributed by atoms with Crippen molar-refractivity contribution >= 4 is 35.2 Å². The van der Waals surface area contributed by atoms with Gasteiger partial charge in [0.05, 0.1) is 17.7 Å². The zero-order valence-corrected chi connectivity index (χ0v) is 19.3. The molecule has 0 heterocycles. The van der Waals surface area contributed by atoms with Crippen LogP contribution >= 0.6 is 11.6 Å². The number of aliphatic imine (C=N–C) groups is 1. The van der Waals surface area contributed by atoms with Gasteiger partial charge in [0.1, 0.15) is 5.82 Å². The summed E-state index contributed by atoms with van der Waals surface area (Å²) in [5.41, 5.74) is 4.93. The molecule has 0 unspecified atom stereocenters. The summed E-state index contributed by atoms with van der Waals surface area (Å²) in [6.07, 6.45) is 4.29. The number of anilines is 1. The number of carbonyl (C=O) groups excluding carboxylic acids is 2. The van der Waals surface area contributed by atoms with Gasteiger partial charge in [0.2, 0.25) is 5.96 Å². The minimum Gasteiger partial charge on any atom is -0.450 e. The molecule has 2 aromatic carbocycles. The van der Waals surface area contributed by atoms with E-state index in [0.29, 0.717) is 12.3 Å². The number of guanidine groups is 1. The third-order valence-corrected chi connectivity index (χ3v) is 5.06. The lowest BCUT2D eigenvalue weighted by Crippen LogP contribution is -2.37. The molecular formula is C23H26ClF3N4O3. The molecular weight excluding hydrogens is 473 g/mol. The van der Waals surface area contributed by atoms with Gasteiger partial charge in [-0.1, -0.05) is 30.9 Å². The zero-order chi connectivity index (χ0) is 25.1. The Labute approximate surface area is 200 Å². The molecule has 4 N–H and O–H groups in total. The van der Waals surface area contributed by atoms with Crippen LogP contribution in [0.1, 0.15) is 49.4 Å². The molecule has 0 saturated heterocycles. The molecule has 2 aromatic rings. The quantitative estimate of drug-likeness (QED) is 0.388. The Hall–Kier alpha value is -3.27. The topological polar surface area (TPSA) is 106 Å². The highest BCUT2D eigenvalue weighted by Crippen LogP contribution is 2.22. The second kappa shape index (κ2) is 13.4. The van der Waals surface area contributed by atoms with Crippen LogP contribution in [0.2, 0.25) is 5.02 Å². The van der Waals surface area contributed by atoms with E-state index in [-0.39, 0.29) is 22.6 Å². The Morgan fingerprint density at radius 1 is 1.06 bits per heavy atom. The summed E-state index contributed by atoms with van der Waals surface area (Å²) in [6.45, 7) is 2.06. The van der Waals surface area contributed by atoms with E-state index in [4.69, 9.17) is 11.6 Å². The molecule has 2 amide bonds. The third kappa shape index (κ3) is 8.93. The highest BCUT2D eigenvalue weighted by molar-refractivity contribution is 6.31. The van der Waals surface area contributed by atoms with Gasteiger partial charge >= 0.3 is 6.09 Å². The monoisotopic (exact) mass is 498 g/mol. The average molecular weight is 499 g/mol. The lowest BCUT2D eigenvalue weighted by Gasteiger charge is -2.20. The number of hydrogen-bond donors (Lipinski definition) is 3. The normalized spacial score (nSPS) is 14.0. The van der Waals surface area contributed by atoms with Gasteiger partial charge in [0.15, 0.2) is 11.6 Å². The van der Waals surface area contributed by atoms with Crippen LogP contribution in [0.5, 0.6) is 0 Å². The van der Waals surface area contributed by atoms with E-state index in [9.17, 15) is 22.8 Å². The standard InChI is InChI=1S/C20H19ClF3N3O.C3H7NO2/c21-15-11-14(7-9-16(15)22)26-20(25-13-4-2-1-3-5-13)27-19(28)12-6-8-17(23)18(24)10-12;1-2-6-3(4)5/h6-11,13H,1-5H2,(H2,25,26,27,28);2H2,1H3,(H2,4,5). The molecule has 0 radical (unpaired) electrons. The van der Waals surface area contributed by atoms with Gasteiger partial charge < -0.3 is 15.8 Å². The van der Waals surface area contributed by atoms with Crippen molar-refractivity contribution in [2.24, 2.45) is 10.7 Å². The molecule has 0 aliphatic heterocycles. The van der Waals surface area contributed by atoms with E-state index in [1.165, 1.54) is 24.3 Å². The second-order valence-corrected chi connectivity index (χ2v) is 7.77. The van der Waals surface area contributed by atoms with Gasteiger partial charge in [0.25, 0.3) is 5.91 Å². The number of nitrogens with two attached hydrogens (primary N) is 1. The SMILES string of the molecule is CCOC(N)=O.O=C(NC(=NC1CCCCC1)Nc1ccc(F)c(Cl)c1)c1ccc(F)c(F)c1. The Balaban J connectivity index is 0.000000604. The van der Waals surface area contributed by atoms with Crippen LogP contribution in [0.3, 0.4) is 0 Å². The fourth-order valence-electron chi connectivity index (χ4n) is 3.16. The first kappa shape index (κ1) is 27.0. The molecule has 0 bridgehead atoms. The van der Waals surface area contributed by atoms with E-state index in [1.807, 2.05) is 0 Å². The first-order chi connectivity index (χ1) is 16.2. The van der Waals surface area contributed by atoms with Crippen molar-refractivity contribution in [1.29, 1.82) is 0 Å². The molecule has 1 aliphatic rings. The molecule has 11 heteroatoms. The van der Waals surface area contributed by atoms with Gasteiger partial charge in [-0.2, -0.15) is 0 Å². The number of nitrogens with zero attached hydrogens (tertiary/aromatic N) is 1. The van der Waals surface area contributed by atoms with Crippen molar-refractivity contribution in [3.05, 3.63) is 64.4 Å². The smallest absolute Gasteiger partial charge is 0.404 e. The maximum atomic E-state index is 13.4. The first-order valence-electron chi connectivity index (χ1n) is 10.7. The average Bonchev–Trinajstić information content (AvgIpc) is 2.79. The second-order valence-electron chi connectivity index (χ2n) is 7.36. The molecule has 1 fully saturated rings. The van der Waals surface area contributed by atoms with Gasteiger partial charge in [-0.15, -0.1) is 0 Å². The minimum absolute atomic E-state index is 0.0254. The molecule has 1 aliphatic carbocycles. The molecule has 184 valence electrons. The van der Waals surface area contributed by atoms with Crippen molar-refractivity contribution in [2.45, 2.75) is 45.1 Å². The lowest BCUT2D eigenvalue weighted by atomic mass is 9.96. The van der Waals surface area contributed by atoms with Crippen LogP contribution in [-0.2, 0) is 4.74 Å². The van der Waals surface area contributed by atoms with E-state index in [1.54, 1.807) is 6.92 Å². The fourth-order valence-corrected chi connectivity index (χ4v) is 3.34. The summed E-state index contributed by atoms with van der Waals surface area (Å²) >= 11 is 5.80. The molecule has 0 spiro atoms. The maximum Gasteiger partial charge on any atom is 0.404 e. The summed E-state index contributed by atoms with van der Waals surface area (Å²) in [7, 11) is 0. The zero-order valence-electron chi connectivity index (χ0n) is 18.5. The van der Waals surface area contributed by atoms with Crippen molar-refractivity contribution in [3.63, 3.8) is 0 Å². The van der Waals surface area contributed by atoms with E-state index in [0.717, 1.165) is 44.2 Å². The predicted octanol–water partition coefficient (Wildman–Crippen LogP) is 5.39. The van der Waals surface area contributed by atoms with Gasteiger partial charge in [-0.05, 0) is 56.2 Å². The first-order valence-corrected chi connectivity index (χ1v) is 11.1. The Morgan fingerprint density at radius 2 is 1.74 bits per heavy atom. The molecule has 7 nitrogen and oxygen atoms in total. The number of hydrogen-bond acceptors (Lipinski definition) is 4. The number of carbonyl (C=O) groups is 2. The Kier molecular flexibility index (Phi) is 10.7. The van der Waals surface area contributed by atoms with Gasteiger partial charge in [-0.25, -0.2) is 23.0 Å². The largest absolute Gasteiger partial charge is 0.450 e. The Morgan fingerprint density at radius 3 is 2.29 bits per heavy atom. The number of halogens is 4. The molecule has 3 rings (SSSR count). The number of rotatable bonds is 4. The van der Waals surface area contributed by atoms with Crippen LogP contribution in [0, 0.1) is 17.5 Å². The fraction of sp³-hybridized carbons (Fsp3) is 0.348. The summed E-state index contributed by atoms with van der Waals surface area (Å²) in [5, 5.41) is 5.43. The van der Waals surface area contributed by atoms with E-state index in [2.05, 4.69) is 26.1 Å². The van der Waals surface area contributed by atoms with Crippen molar-refractivity contribution in [3.8, 4) is 0 Å². The summed E-state index contributed by atoms with van der Waals surface area (Å²) in [4.78, 5) is 26.6. The van der Waals surface area contributed by atoms with Crippen molar-refractivity contribution in [2.75, 3.05) is 11.9 Å². The van der Waals surface area contributed by atoms with Crippen LogP contribution in [-0.4, -0.2) is 30.6 Å². The summed E-state index contributed by atoms with van der Waals surface area (Å²) in [6, 6.07) is 6.93. The number of nitrogens with one attached hydrogen (secondary N) is 2. The van der Waals surface area contributed by atoms with Gasteiger partial charge in [-0.3, -0.25) is 10.1 Å². The van der Waals surface area contributed by atoms with Crippen LogP contribution in [0.25, 0.3) is 0 Å². The number of primary amides is 1. The van der Waals surface area contributed by atoms with Crippen molar-refractivity contribution in [1.82, 2.24) is 5.32 Å². The maximum absolute atomic E-state index is 13.4. The molecule has 1 saturated carbocycles. The van der Waals surface area contributed by atoms with Crippen LogP contribution in [0.4, 0.5) is 23.7 Å². The highest BCUT2D eigenvalue weighted by atomic mass is 35.5.